The Balaban J connectivity index is 1.73. The van der Waals surface area contributed by atoms with Gasteiger partial charge in [-0.05, 0) is 36.4 Å². The molecule has 1 heterocycles. The summed E-state index contributed by atoms with van der Waals surface area (Å²) in [5.41, 5.74) is 2.27. The van der Waals surface area contributed by atoms with Gasteiger partial charge in [0.1, 0.15) is 5.58 Å². The Morgan fingerprint density at radius 3 is 2.30 bits per heavy atom. The summed E-state index contributed by atoms with van der Waals surface area (Å²) in [5.74, 6) is -0.0439. The van der Waals surface area contributed by atoms with Crippen LogP contribution in [0, 0.1) is 0 Å². The van der Waals surface area contributed by atoms with Gasteiger partial charge >= 0.3 is 5.97 Å². The van der Waals surface area contributed by atoms with Crippen molar-refractivity contribution < 1.29 is 14.0 Å². The zero-order chi connectivity index (χ0) is 18.6. The van der Waals surface area contributed by atoms with Gasteiger partial charge in [-0.1, -0.05) is 65.3 Å². The Morgan fingerprint density at radius 2 is 1.56 bits per heavy atom. The van der Waals surface area contributed by atoms with Gasteiger partial charge in [0.05, 0.1) is 5.56 Å². The molecule has 4 rings (SSSR count). The minimum Gasteiger partial charge on any atom is -0.454 e. The number of furan rings is 1. The lowest BCUT2D eigenvalue weighted by atomic mass is 10.1. The summed E-state index contributed by atoms with van der Waals surface area (Å²) in [4.78, 5) is 17.4. The van der Waals surface area contributed by atoms with E-state index in [1.165, 1.54) is 0 Å². The molecular weight excluding hydrogens is 362 g/mol. The molecule has 0 saturated heterocycles. The van der Waals surface area contributed by atoms with Crippen molar-refractivity contribution in [3.8, 4) is 0 Å². The fourth-order valence-electron chi connectivity index (χ4n) is 2.66. The van der Waals surface area contributed by atoms with Crippen LogP contribution in [-0.4, -0.2) is 11.7 Å². The van der Waals surface area contributed by atoms with Gasteiger partial charge in [-0.2, -0.15) is 0 Å². The summed E-state index contributed by atoms with van der Waals surface area (Å²) < 4.78 is 5.90. The van der Waals surface area contributed by atoms with E-state index < -0.39 is 5.97 Å². The lowest BCUT2D eigenvalue weighted by molar-refractivity contribution is 0.0516. The molecule has 0 radical (unpaired) electrons. The summed E-state index contributed by atoms with van der Waals surface area (Å²) in [7, 11) is 0. The molecule has 1 aromatic heterocycles. The number of fused-ring (bicyclic) bond motifs is 1. The zero-order valence-corrected chi connectivity index (χ0v) is 14.9. The highest BCUT2D eigenvalue weighted by Crippen LogP contribution is 2.23. The van der Waals surface area contributed by atoms with Crippen LogP contribution in [0.15, 0.2) is 94.5 Å². The normalized spacial score (nSPS) is 11.5. The summed E-state index contributed by atoms with van der Waals surface area (Å²) in [5, 5.41) is 5.63. The van der Waals surface area contributed by atoms with Crippen LogP contribution < -0.4 is 0 Å². The standard InChI is InChI=1S/C22H14ClNO3/c23-18-12-10-15(11-13-18)21(20-14-17-8-4-5-9-19(17)26-20)24-27-22(25)16-6-2-1-3-7-16/h1-14H/b24-21+. The van der Waals surface area contributed by atoms with Gasteiger partial charge in [-0.3, -0.25) is 0 Å². The second-order valence-corrected chi connectivity index (χ2v) is 6.28. The van der Waals surface area contributed by atoms with Gasteiger partial charge in [-0.15, -0.1) is 0 Å². The third kappa shape index (κ3) is 3.76. The van der Waals surface area contributed by atoms with Gasteiger partial charge in [0.2, 0.25) is 0 Å². The van der Waals surface area contributed by atoms with Crippen LogP contribution in [0.3, 0.4) is 0 Å². The van der Waals surface area contributed by atoms with Gasteiger partial charge < -0.3 is 9.25 Å². The molecule has 4 nitrogen and oxygen atoms in total. The van der Waals surface area contributed by atoms with E-state index in [1.54, 1.807) is 48.5 Å². The van der Waals surface area contributed by atoms with Crippen molar-refractivity contribution in [3.63, 3.8) is 0 Å². The molecule has 0 amide bonds. The number of carbonyl (C=O) groups is 1. The lowest BCUT2D eigenvalue weighted by Gasteiger charge is -2.04. The molecule has 5 heteroatoms. The lowest BCUT2D eigenvalue weighted by Crippen LogP contribution is -2.07. The molecule has 0 fully saturated rings. The van der Waals surface area contributed by atoms with Gasteiger partial charge in [0.25, 0.3) is 0 Å². The summed E-state index contributed by atoms with van der Waals surface area (Å²) in [6.07, 6.45) is 0. The molecular formula is C22H14ClNO3. The number of hydrogen-bond donors (Lipinski definition) is 0. The van der Waals surface area contributed by atoms with E-state index >= 15 is 0 Å². The van der Waals surface area contributed by atoms with Crippen LogP contribution in [0.5, 0.6) is 0 Å². The molecule has 0 atom stereocenters. The second-order valence-electron chi connectivity index (χ2n) is 5.84. The molecule has 0 aliphatic carbocycles. The Labute approximate surface area is 160 Å². The average molecular weight is 376 g/mol. The number of hydrogen-bond acceptors (Lipinski definition) is 4. The van der Waals surface area contributed by atoms with Crippen LogP contribution in [0.25, 0.3) is 11.0 Å². The number of benzene rings is 3. The monoisotopic (exact) mass is 375 g/mol. The molecule has 0 aliphatic heterocycles. The Kier molecular flexibility index (Phi) is 4.73. The van der Waals surface area contributed by atoms with E-state index in [0.29, 0.717) is 22.1 Å². The first-order chi connectivity index (χ1) is 13.2. The molecule has 0 N–H and O–H groups in total. The molecule has 3 aromatic carbocycles. The average Bonchev–Trinajstić information content (AvgIpc) is 3.14. The molecule has 4 aromatic rings. The van der Waals surface area contributed by atoms with E-state index in [4.69, 9.17) is 20.9 Å². The fourth-order valence-corrected chi connectivity index (χ4v) is 2.79. The number of rotatable bonds is 4. The van der Waals surface area contributed by atoms with Crippen LogP contribution in [0.2, 0.25) is 5.02 Å². The highest BCUT2D eigenvalue weighted by Gasteiger charge is 2.15. The van der Waals surface area contributed by atoms with Crippen LogP contribution in [-0.2, 0) is 4.84 Å². The van der Waals surface area contributed by atoms with Crippen molar-refractivity contribution >= 4 is 34.3 Å². The van der Waals surface area contributed by atoms with Crippen molar-refractivity contribution in [2.75, 3.05) is 0 Å². The molecule has 0 saturated carbocycles. The SMILES string of the molecule is O=C(O/N=C(\c1ccc(Cl)cc1)c1cc2ccccc2o1)c1ccccc1. The second kappa shape index (κ2) is 7.48. The maximum absolute atomic E-state index is 12.3. The minimum absolute atomic E-state index is 0.409. The van der Waals surface area contributed by atoms with Crippen molar-refractivity contribution in [3.05, 3.63) is 107 Å². The van der Waals surface area contributed by atoms with Crippen molar-refractivity contribution in [2.45, 2.75) is 0 Å². The van der Waals surface area contributed by atoms with E-state index in [0.717, 1.165) is 16.5 Å². The smallest absolute Gasteiger partial charge is 0.365 e. The molecule has 132 valence electrons. The predicted octanol–water partition coefficient (Wildman–Crippen LogP) is 5.70. The third-order valence-electron chi connectivity index (χ3n) is 4.01. The largest absolute Gasteiger partial charge is 0.454 e. The minimum atomic E-state index is -0.543. The maximum atomic E-state index is 12.3. The van der Waals surface area contributed by atoms with Gasteiger partial charge in [0.15, 0.2) is 11.5 Å². The molecule has 0 spiro atoms. The van der Waals surface area contributed by atoms with Crippen LogP contribution in [0.4, 0.5) is 0 Å². The molecule has 27 heavy (non-hydrogen) atoms. The van der Waals surface area contributed by atoms with E-state index in [1.807, 2.05) is 36.4 Å². The number of para-hydroxylation sites is 1. The summed E-state index contributed by atoms with van der Waals surface area (Å²) in [6, 6.07) is 25.3. The predicted molar refractivity (Wildman–Crippen MR) is 105 cm³/mol. The van der Waals surface area contributed by atoms with E-state index in [9.17, 15) is 4.79 Å². The highest BCUT2D eigenvalue weighted by atomic mass is 35.5. The molecule has 0 unspecified atom stereocenters. The van der Waals surface area contributed by atoms with Crippen LogP contribution >= 0.6 is 11.6 Å². The first kappa shape index (κ1) is 17.1. The number of halogens is 1. The number of oxime groups is 1. The first-order valence-corrected chi connectivity index (χ1v) is 8.68. The number of nitrogens with zero attached hydrogens (tertiary/aromatic N) is 1. The van der Waals surface area contributed by atoms with E-state index in [2.05, 4.69) is 5.16 Å². The highest BCUT2D eigenvalue weighted by molar-refractivity contribution is 6.30. The Hall–Kier alpha value is -3.37. The maximum Gasteiger partial charge on any atom is 0.365 e. The summed E-state index contributed by atoms with van der Waals surface area (Å²) in [6.45, 7) is 0. The molecule has 0 bridgehead atoms. The van der Waals surface area contributed by atoms with Crippen LogP contribution in [0.1, 0.15) is 21.7 Å². The van der Waals surface area contributed by atoms with Gasteiger partial charge in [0, 0.05) is 16.0 Å². The third-order valence-corrected chi connectivity index (χ3v) is 4.26. The van der Waals surface area contributed by atoms with Crippen molar-refractivity contribution in [1.82, 2.24) is 0 Å². The Morgan fingerprint density at radius 1 is 0.852 bits per heavy atom. The molecule has 0 aliphatic rings. The topological polar surface area (TPSA) is 51.8 Å². The van der Waals surface area contributed by atoms with Gasteiger partial charge in [-0.25, -0.2) is 4.79 Å². The van der Waals surface area contributed by atoms with Crippen molar-refractivity contribution in [1.29, 1.82) is 0 Å². The van der Waals surface area contributed by atoms with E-state index in [-0.39, 0.29) is 0 Å². The van der Waals surface area contributed by atoms with Crippen molar-refractivity contribution in [2.24, 2.45) is 5.16 Å². The number of carbonyl (C=O) groups excluding carboxylic acids is 1. The summed E-state index contributed by atoms with van der Waals surface area (Å²) >= 11 is 5.99. The quantitative estimate of drug-likeness (QED) is 0.261. The first-order valence-electron chi connectivity index (χ1n) is 8.30. The zero-order valence-electron chi connectivity index (χ0n) is 14.1. The Bertz CT molecular complexity index is 1080. The fraction of sp³-hybridized carbons (Fsp3) is 0.